The normalized spacial score (nSPS) is 11.0. The second-order valence-electron chi connectivity index (χ2n) is 6.42. The van der Waals surface area contributed by atoms with Gasteiger partial charge in [0.05, 0.1) is 12.7 Å². The van der Waals surface area contributed by atoms with Crippen LogP contribution in [-0.4, -0.2) is 29.8 Å². The molecule has 0 unspecified atom stereocenters. The number of halogens is 1. The molecule has 0 fully saturated rings. The van der Waals surface area contributed by atoms with Crippen LogP contribution in [0, 0.1) is 5.82 Å². The van der Waals surface area contributed by atoms with E-state index < -0.39 is 23.4 Å². The van der Waals surface area contributed by atoms with E-state index in [4.69, 9.17) is 19.3 Å². The molecule has 0 radical (unpaired) electrons. The fourth-order valence-corrected chi connectivity index (χ4v) is 2.07. The number of ether oxygens (including phenoxy) is 3. The number of benzene rings is 2. The summed E-state index contributed by atoms with van der Waals surface area (Å²) in [6.45, 7) is 5.28. The topological polar surface area (TPSA) is 82.1 Å². The molecule has 0 saturated heterocycles. The molecular formula is C19H19FO6. The first-order valence-electron chi connectivity index (χ1n) is 7.73. The van der Waals surface area contributed by atoms with Gasteiger partial charge in [0, 0.05) is 12.1 Å². The van der Waals surface area contributed by atoms with Crippen LogP contribution >= 0.6 is 0 Å². The molecule has 0 aromatic heterocycles. The second kappa shape index (κ2) is 7.43. The third kappa shape index (κ3) is 4.72. The Morgan fingerprint density at radius 2 is 1.65 bits per heavy atom. The summed E-state index contributed by atoms with van der Waals surface area (Å²) in [6.07, 6.45) is 0. The molecular weight excluding hydrogens is 343 g/mol. The van der Waals surface area contributed by atoms with Crippen LogP contribution in [0.5, 0.6) is 17.2 Å². The summed E-state index contributed by atoms with van der Waals surface area (Å²) < 4.78 is 29.6. The van der Waals surface area contributed by atoms with Crippen LogP contribution in [-0.2, 0) is 4.74 Å². The number of methoxy groups -OCH3 is 1. The molecule has 0 saturated carbocycles. The molecule has 7 heteroatoms. The number of hydrogen-bond acceptors (Lipinski definition) is 5. The Balaban J connectivity index is 2.23. The lowest BCUT2D eigenvalue weighted by Crippen LogP contribution is -2.23. The van der Waals surface area contributed by atoms with Gasteiger partial charge in [0.25, 0.3) is 0 Å². The summed E-state index contributed by atoms with van der Waals surface area (Å²) in [6, 6.07) is 7.85. The molecule has 0 aliphatic rings. The molecule has 2 aromatic rings. The standard InChI is InChI=1S/C19H19FO6/c1-19(2,3)26-18(23)11-5-7-12(8-6-11)25-16-9-13(17(21)22)15(24-4)10-14(16)20/h5-10H,1-4H3,(H,21,22). The van der Waals surface area contributed by atoms with E-state index in [9.17, 15) is 14.0 Å². The van der Waals surface area contributed by atoms with Crippen molar-refractivity contribution < 1.29 is 33.3 Å². The van der Waals surface area contributed by atoms with E-state index in [1.165, 1.54) is 31.4 Å². The van der Waals surface area contributed by atoms with Crippen LogP contribution in [0.15, 0.2) is 36.4 Å². The van der Waals surface area contributed by atoms with Crippen molar-refractivity contribution in [2.75, 3.05) is 7.11 Å². The first-order valence-corrected chi connectivity index (χ1v) is 7.73. The summed E-state index contributed by atoms with van der Waals surface area (Å²) in [5, 5.41) is 9.16. The number of hydrogen-bond donors (Lipinski definition) is 1. The lowest BCUT2D eigenvalue weighted by Gasteiger charge is -2.19. The lowest BCUT2D eigenvalue weighted by molar-refractivity contribution is 0.00693. The van der Waals surface area contributed by atoms with E-state index in [2.05, 4.69) is 0 Å². The average molecular weight is 362 g/mol. The van der Waals surface area contributed by atoms with Gasteiger partial charge in [-0.25, -0.2) is 14.0 Å². The molecule has 0 spiro atoms. The van der Waals surface area contributed by atoms with Crippen LogP contribution < -0.4 is 9.47 Å². The van der Waals surface area contributed by atoms with Crippen molar-refractivity contribution in [1.82, 2.24) is 0 Å². The van der Waals surface area contributed by atoms with Gasteiger partial charge >= 0.3 is 11.9 Å². The Hall–Kier alpha value is -3.09. The van der Waals surface area contributed by atoms with Gasteiger partial charge in [-0.3, -0.25) is 0 Å². The predicted molar refractivity (Wildman–Crippen MR) is 91.6 cm³/mol. The molecule has 6 nitrogen and oxygen atoms in total. The predicted octanol–water partition coefficient (Wildman–Crippen LogP) is 4.28. The van der Waals surface area contributed by atoms with Crippen molar-refractivity contribution in [3.05, 3.63) is 53.3 Å². The third-order valence-electron chi connectivity index (χ3n) is 3.20. The van der Waals surface area contributed by atoms with Crippen LogP contribution in [0.25, 0.3) is 0 Å². The quantitative estimate of drug-likeness (QED) is 0.800. The summed E-state index contributed by atoms with van der Waals surface area (Å²) in [4.78, 5) is 23.2. The highest BCUT2D eigenvalue weighted by Crippen LogP contribution is 2.31. The van der Waals surface area contributed by atoms with E-state index >= 15 is 0 Å². The van der Waals surface area contributed by atoms with Gasteiger partial charge in [-0.1, -0.05) is 0 Å². The number of carbonyl (C=O) groups excluding carboxylic acids is 1. The maximum Gasteiger partial charge on any atom is 0.339 e. The Kier molecular flexibility index (Phi) is 5.50. The molecule has 0 aliphatic carbocycles. The summed E-state index contributed by atoms with van der Waals surface area (Å²) in [5.74, 6) is -2.68. The largest absolute Gasteiger partial charge is 0.496 e. The maximum absolute atomic E-state index is 14.1. The number of rotatable bonds is 5. The van der Waals surface area contributed by atoms with Gasteiger partial charge in [0.1, 0.15) is 22.7 Å². The van der Waals surface area contributed by atoms with Gasteiger partial charge in [0.2, 0.25) is 0 Å². The van der Waals surface area contributed by atoms with Crippen LogP contribution in [0.3, 0.4) is 0 Å². The van der Waals surface area contributed by atoms with Gasteiger partial charge in [-0.05, 0) is 45.0 Å². The van der Waals surface area contributed by atoms with Gasteiger partial charge < -0.3 is 19.3 Å². The fourth-order valence-electron chi connectivity index (χ4n) is 2.07. The highest BCUT2D eigenvalue weighted by atomic mass is 19.1. The van der Waals surface area contributed by atoms with Crippen molar-refractivity contribution in [3.63, 3.8) is 0 Å². The molecule has 0 atom stereocenters. The van der Waals surface area contributed by atoms with Crippen molar-refractivity contribution >= 4 is 11.9 Å². The van der Waals surface area contributed by atoms with E-state index in [0.717, 1.165) is 12.1 Å². The molecule has 0 heterocycles. The Bertz CT molecular complexity index is 821. The summed E-state index contributed by atoms with van der Waals surface area (Å²) in [7, 11) is 1.25. The van der Waals surface area contributed by atoms with E-state index in [1.54, 1.807) is 20.8 Å². The molecule has 0 bridgehead atoms. The van der Waals surface area contributed by atoms with E-state index in [0.29, 0.717) is 5.56 Å². The number of esters is 1. The van der Waals surface area contributed by atoms with Crippen molar-refractivity contribution in [1.29, 1.82) is 0 Å². The minimum absolute atomic E-state index is 0.109. The first kappa shape index (κ1) is 19.2. The number of aromatic carboxylic acids is 1. The van der Waals surface area contributed by atoms with Crippen LogP contribution in [0.2, 0.25) is 0 Å². The van der Waals surface area contributed by atoms with Crippen LogP contribution in [0.4, 0.5) is 4.39 Å². The van der Waals surface area contributed by atoms with E-state index in [1.807, 2.05) is 0 Å². The molecule has 26 heavy (non-hydrogen) atoms. The third-order valence-corrected chi connectivity index (χ3v) is 3.20. The van der Waals surface area contributed by atoms with Gasteiger partial charge in [-0.15, -0.1) is 0 Å². The second-order valence-corrected chi connectivity index (χ2v) is 6.42. The van der Waals surface area contributed by atoms with Crippen molar-refractivity contribution in [2.45, 2.75) is 26.4 Å². The zero-order valence-electron chi connectivity index (χ0n) is 14.8. The molecule has 0 aliphatic heterocycles. The van der Waals surface area contributed by atoms with Crippen molar-refractivity contribution in [3.8, 4) is 17.2 Å². The van der Waals surface area contributed by atoms with Crippen LogP contribution in [0.1, 0.15) is 41.5 Å². The average Bonchev–Trinajstić information content (AvgIpc) is 2.55. The zero-order chi connectivity index (χ0) is 19.5. The zero-order valence-corrected chi connectivity index (χ0v) is 14.8. The van der Waals surface area contributed by atoms with Gasteiger partial charge in [0.15, 0.2) is 11.6 Å². The number of carbonyl (C=O) groups is 2. The Labute approximate surface area is 150 Å². The Morgan fingerprint density at radius 3 is 2.15 bits per heavy atom. The Morgan fingerprint density at radius 1 is 1.04 bits per heavy atom. The highest BCUT2D eigenvalue weighted by Gasteiger charge is 2.19. The number of carboxylic acid groups (broad SMARTS) is 1. The lowest BCUT2D eigenvalue weighted by atomic mass is 10.1. The summed E-state index contributed by atoms with van der Waals surface area (Å²) in [5.41, 5.74) is -0.533. The minimum atomic E-state index is -1.27. The summed E-state index contributed by atoms with van der Waals surface area (Å²) >= 11 is 0. The first-order chi connectivity index (χ1) is 12.1. The smallest absolute Gasteiger partial charge is 0.339 e. The molecule has 0 amide bonds. The van der Waals surface area contributed by atoms with Gasteiger partial charge in [-0.2, -0.15) is 0 Å². The molecule has 138 valence electrons. The maximum atomic E-state index is 14.1. The fraction of sp³-hybridized carbons (Fsp3) is 0.263. The molecule has 2 rings (SSSR count). The molecule has 1 N–H and O–H groups in total. The minimum Gasteiger partial charge on any atom is -0.496 e. The monoisotopic (exact) mass is 362 g/mol. The highest BCUT2D eigenvalue weighted by molar-refractivity contribution is 5.91. The van der Waals surface area contributed by atoms with E-state index in [-0.39, 0.29) is 22.8 Å². The van der Waals surface area contributed by atoms with Crippen molar-refractivity contribution in [2.24, 2.45) is 0 Å². The SMILES string of the molecule is COc1cc(F)c(Oc2ccc(C(=O)OC(C)(C)C)cc2)cc1C(=O)O. The number of carboxylic acids is 1. The molecule has 2 aromatic carbocycles.